The van der Waals surface area contributed by atoms with Gasteiger partial charge in [-0.25, -0.2) is 0 Å². The van der Waals surface area contributed by atoms with E-state index in [9.17, 15) is 4.79 Å². The lowest BCUT2D eigenvalue weighted by molar-refractivity contribution is -0.123. The maximum Gasteiger partial charge on any atom is 0.258 e. The fraction of sp³-hybridized carbons (Fsp3) is 0.364. The number of methoxy groups -OCH3 is 1. The molecule has 0 unspecified atom stereocenters. The molecule has 2 aromatic carbocycles. The van der Waals surface area contributed by atoms with E-state index >= 15 is 0 Å². The van der Waals surface area contributed by atoms with Crippen molar-refractivity contribution in [2.45, 2.75) is 32.9 Å². The molecule has 1 amide bonds. The average Bonchev–Trinajstić information content (AvgIpc) is 3.09. The first-order valence-corrected chi connectivity index (χ1v) is 9.47. The number of nitrogens with one attached hydrogen (secondary N) is 1. The Balaban J connectivity index is 1.61. The van der Waals surface area contributed by atoms with Crippen molar-refractivity contribution in [3.05, 3.63) is 47.0 Å². The van der Waals surface area contributed by atoms with Crippen LogP contribution in [0.1, 0.15) is 30.5 Å². The Kier molecular flexibility index (Phi) is 6.45. The lowest BCUT2D eigenvalue weighted by Gasteiger charge is -2.14. The smallest absolute Gasteiger partial charge is 0.258 e. The molecule has 0 aromatic heterocycles. The standard InChI is InChI=1S/C22H24N2O5/c1-4-27-19-9-16-7-14(2)29-20(16)10-17(19)12-24-22(25)13-28-18-6-5-15(11-23)8-21(18)26-3/h5-6,8-10,14H,4,7,12-13H2,1-3H3,(H,24,25)/t14-/m1/s1. The molecule has 3 rings (SSSR count). The lowest BCUT2D eigenvalue weighted by atomic mass is 10.1. The number of fused-ring (bicyclic) bond motifs is 1. The number of carbonyl (C=O) groups is 1. The zero-order valence-electron chi connectivity index (χ0n) is 16.8. The summed E-state index contributed by atoms with van der Waals surface area (Å²) in [7, 11) is 1.48. The highest BCUT2D eigenvalue weighted by Gasteiger charge is 2.22. The minimum atomic E-state index is -0.284. The highest BCUT2D eigenvalue weighted by atomic mass is 16.5. The molecule has 0 fully saturated rings. The second-order valence-electron chi connectivity index (χ2n) is 6.68. The Hall–Kier alpha value is -3.40. The fourth-order valence-electron chi connectivity index (χ4n) is 3.15. The van der Waals surface area contributed by atoms with Crippen molar-refractivity contribution in [2.24, 2.45) is 0 Å². The van der Waals surface area contributed by atoms with Gasteiger partial charge in [0.1, 0.15) is 17.6 Å². The maximum absolute atomic E-state index is 12.3. The predicted molar refractivity (Wildman–Crippen MR) is 106 cm³/mol. The Morgan fingerprint density at radius 3 is 2.79 bits per heavy atom. The van der Waals surface area contributed by atoms with Crippen LogP contribution in [-0.2, 0) is 17.8 Å². The van der Waals surface area contributed by atoms with E-state index in [-0.39, 0.29) is 18.6 Å². The molecular formula is C22H24N2O5. The topological polar surface area (TPSA) is 89.8 Å². The number of nitrogens with zero attached hydrogens (tertiary/aromatic N) is 1. The second kappa shape index (κ2) is 9.20. The molecule has 7 nitrogen and oxygen atoms in total. The van der Waals surface area contributed by atoms with Crippen LogP contribution in [0, 0.1) is 11.3 Å². The van der Waals surface area contributed by atoms with Crippen LogP contribution in [0.4, 0.5) is 0 Å². The molecule has 152 valence electrons. The molecule has 0 saturated carbocycles. The number of hydrogen-bond acceptors (Lipinski definition) is 6. The zero-order chi connectivity index (χ0) is 20.8. The molecule has 0 saturated heterocycles. The molecule has 0 aliphatic carbocycles. The predicted octanol–water partition coefficient (Wildman–Crippen LogP) is 2.98. The Bertz CT molecular complexity index is 936. The van der Waals surface area contributed by atoms with Crippen molar-refractivity contribution in [3.8, 4) is 29.1 Å². The molecule has 1 aliphatic heterocycles. The summed E-state index contributed by atoms with van der Waals surface area (Å²) in [6.07, 6.45) is 0.989. The number of benzene rings is 2. The van der Waals surface area contributed by atoms with Gasteiger partial charge in [-0.15, -0.1) is 0 Å². The van der Waals surface area contributed by atoms with E-state index in [1.807, 2.05) is 32.0 Å². The van der Waals surface area contributed by atoms with E-state index < -0.39 is 0 Å². The van der Waals surface area contributed by atoms with Gasteiger partial charge in [0, 0.05) is 30.2 Å². The van der Waals surface area contributed by atoms with Crippen LogP contribution < -0.4 is 24.3 Å². The van der Waals surface area contributed by atoms with E-state index in [1.165, 1.54) is 7.11 Å². The normalized spacial score (nSPS) is 14.3. The van der Waals surface area contributed by atoms with Crippen LogP contribution in [0.2, 0.25) is 0 Å². The van der Waals surface area contributed by atoms with Crippen LogP contribution in [0.25, 0.3) is 0 Å². The summed E-state index contributed by atoms with van der Waals surface area (Å²) < 4.78 is 22.3. The summed E-state index contributed by atoms with van der Waals surface area (Å²) >= 11 is 0. The third kappa shape index (κ3) is 4.91. The molecule has 1 heterocycles. The highest BCUT2D eigenvalue weighted by molar-refractivity contribution is 5.77. The first kappa shape index (κ1) is 20.3. The number of ether oxygens (including phenoxy) is 4. The third-order valence-corrected chi connectivity index (χ3v) is 4.51. The molecule has 29 heavy (non-hydrogen) atoms. The van der Waals surface area contributed by atoms with Crippen molar-refractivity contribution in [3.63, 3.8) is 0 Å². The summed E-state index contributed by atoms with van der Waals surface area (Å²) in [5.41, 5.74) is 2.42. The van der Waals surface area contributed by atoms with E-state index in [4.69, 9.17) is 24.2 Å². The number of nitriles is 1. The van der Waals surface area contributed by atoms with E-state index in [0.717, 1.165) is 29.0 Å². The fourth-order valence-corrected chi connectivity index (χ4v) is 3.15. The number of rotatable bonds is 8. The molecule has 7 heteroatoms. The summed E-state index contributed by atoms with van der Waals surface area (Å²) in [6, 6.07) is 10.7. The second-order valence-corrected chi connectivity index (χ2v) is 6.68. The van der Waals surface area contributed by atoms with Gasteiger partial charge in [0.05, 0.1) is 25.3 Å². The van der Waals surface area contributed by atoms with Gasteiger partial charge in [-0.05, 0) is 38.1 Å². The SMILES string of the molecule is CCOc1cc2c(cc1CNC(=O)COc1ccc(C#N)cc1OC)O[C@H](C)C2. The van der Waals surface area contributed by atoms with Crippen LogP contribution in [0.5, 0.6) is 23.0 Å². The van der Waals surface area contributed by atoms with Gasteiger partial charge in [0.25, 0.3) is 5.91 Å². The highest BCUT2D eigenvalue weighted by Crippen LogP contribution is 2.35. The zero-order valence-corrected chi connectivity index (χ0v) is 16.8. The quantitative estimate of drug-likeness (QED) is 0.738. The van der Waals surface area contributed by atoms with Crippen LogP contribution in [-0.4, -0.2) is 32.3 Å². The molecule has 0 spiro atoms. The summed E-state index contributed by atoms with van der Waals surface area (Å²) in [4.78, 5) is 12.3. The van der Waals surface area contributed by atoms with Crippen LogP contribution in [0.15, 0.2) is 30.3 Å². The van der Waals surface area contributed by atoms with Gasteiger partial charge in [0.2, 0.25) is 0 Å². The summed E-state index contributed by atoms with van der Waals surface area (Å²) in [5.74, 6) is 2.10. The average molecular weight is 396 g/mol. The molecular weight excluding hydrogens is 372 g/mol. The Labute approximate surface area is 170 Å². The summed E-state index contributed by atoms with van der Waals surface area (Å²) in [5, 5.41) is 11.8. The lowest BCUT2D eigenvalue weighted by Crippen LogP contribution is -2.28. The number of hydrogen-bond donors (Lipinski definition) is 1. The van der Waals surface area contributed by atoms with Crippen molar-refractivity contribution < 1.29 is 23.7 Å². The van der Waals surface area contributed by atoms with E-state index in [2.05, 4.69) is 5.32 Å². The number of amides is 1. The number of carbonyl (C=O) groups excluding carboxylic acids is 1. The summed E-state index contributed by atoms with van der Waals surface area (Å²) in [6.45, 7) is 4.61. The van der Waals surface area contributed by atoms with Gasteiger partial charge < -0.3 is 24.3 Å². The monoisotopic (exact) mass is 396 g/mol. The molecule has 2 aromatic rings. The van der Waals surface area contributed by atoms with Gasteiger partial charge in [-0.2, -0.15) is 5.26 Å². The van der Waals surface area contributed by atoms with Crippen molar-refractivity contribution >= 4 is 5.91 Å². The first-order chi connectivity index (χ1) is 14.0. The molecule has 0 radical (unpaired) electrons. The van der Waals surface area contributed by atoms with Crippen LogP contribution in [0.3, 0.4) is 0 Å². The Morgan fingerprint density at radius 2 is 2.07 bits per heavy atom. The minimum absolute atomic E-state index is 0.139. The first-order valence-electron chi connectivity index (χ1n) is 9.47. The van der Waals surface area contributed by atoms with E-state index in [1.54, 1.807) is 18.2 Å². The van der Waals surface area contributed by atoms with Crippen molar-refractivity contribution in [1.29, 1.82) is 5.26 Å². The molecule has 1 atom stereocenters. The van der Waals surface area contributed by atoms with Crippen LogP contribution >= 0.6 is 0 Å². The Morgan fingerprint density at radius 1 is 1.24 bits per heavy atom. The minimum Gasteiger partial charge on any atom is -0.494 e. The largest absolute Gasteiger partial charge is 0.494 e. The van der Waals surface area contributed by atoms with E-state index in [0.29, 0.717) is 30.2 Å². The molecule has 1 aliphatic rings. The molecule has 1 N–H and O–H groups in total. The molecule has 0 bridgehead atoms. The van der Waals surface area contributed by atoms with Crippen molar-refractivity contribution in [1.82, 2.24) is 5.32 Å². The van der Waals surface area contributed by atoms with Gasteiger partial charge in [-0.3, -0.25) is 4.79 Å². The van der Waals surface area contributed by atoms with Gasteiger partial charge in [0.15, 0.2) is 18.1 Å². The van der Waals surface area contributed by atoms with Gasteiger partial charge in [-0.1, -0.05) is 0 Å². The third-order valence-electron chi connectivity index (χ3n) is 4.51. The van der Waals surface area contributed by atoms with Crippen molar-refractivity contribution in [2.75, 3.05) is 20.3 Å². The van der Waals surface area contributed by atoms with Gasteiger partial charge >= 0.3 is 0 Å². The maximum atomic E-state index is 12.3.